The third kappa shape index (κ3) is 4.63. The van der Waals surface area contributed by atoms with Gasteiger partial charge in [-0.2, -0.15) is 0 Å². The van der Waals surface area contributed by atoms with E-state index in [0.717, 1.165) is 32.1 Å². The molecular weight excluding hydrogens is 242 g/mol. The number of aliphatic carboxylic acids is 1. The second-order valence-corrected chi connectivity index (χ2v) is 6.52. The molecule has 0 aromatic carbocycles. The molecule has 0 radical (unpaired) electrons. The zero-order chi connectivity index (χ0) is 12.9. The summed E-state index contributed by atoms with van der Waals surface area (Å²) in [6, 6.07) is -0.952. The van der Waals surface area contributed by atoms with Crippen LogP contribution < -0.4 is 4.72 Å². The van der Waals surface area contributed by atoms with Gasteiger partial charge in [0.25, 0.3) is 0 Å². The van der Waals surface area contributed by atoms with E-state index in [4.69, 9.17) is 5.11 Å². The molecule has 0 saturated heterocycles. The summed E-state index contributed by atoms with van der Waals surface area (Å²) in [5.74, 6) is -1.13. The maximum absolute atomic E-state index is 11.6. The summed E-state index contributed by atoms with van der Waals surface area (Å²) in [7, 11) is -3.46. The number of hydrogen-bond acceptors (Lipinski definition) is 3. The molecule has 6 heteroatoms. The highest BCUT2D eigenvalue weighted by Crippen LogP contribution is 2.27. The molecule has 1 aliphatic rings. The van der Waals surface area contributed by atoms with Crippen LogP contribution in [0.15, 0.2) is 0 Å². The molecule has 0 amide bonds. The predicted octanol–water partition coefficient (Wildman–Crippen LogP) is 1.35. The van der Waals surface area contributed by atoms with Gasteiger partial charge in [-0.05, 0) is 25.2 Å². The molecule has 0 bridgehead atoms. The molecule has 0 aliphatic heterocycles. The second-order valence-electron chi connectivity index (χ2n) is 4.65. The minimum absolute atomic E-state index is 0.0104. The summed E-state index contributed by atoms with van der Waals surface area (Å²) in [5, 5.41) is 9.13. The van der Waals surface area contributed by atoms with Crippen LogP contribution in [0.25, 0.3) is 0 Å². The van der Waals surface area contributed by atoms with Gasteiger partial charge in [-0.1, -0.05) is 26.2 Å². The fraction of sp³-hybridized carbons (Fsp3) is 0.909. The Hall–Kier alpha value is -0.620. The second kappa shape index (κ2) is 6.35. The molecule has 1 aliphatic carbocycles. The Bertz CT molecular complexity index is 346. The van der Waals surface area contributed by atoms with Crippen molar-refractivity contribution < 1.29 is 18.3 Å². The van der Waals surface area contributed by atoms with Crippen LogP contribution in [0.2, 0.25) is 0 Å². The average molecular weight is 263 g/mol. The molecular formula is C11H21NO4S. The van der Waals surface area contributed by atoms with Crippen molar-refractivity contribution >= 4 is 16.0 Å². The Morgan fingerprint density at radius 3 is 2.41 bits per heavy atom. The first-order chi connectivity index (χ1) is 7.96. The summed E-state index contributed by atoms with van der Waals surface area (Å²) in [5.41, 5.74) is 0. The first kappa shape index (κ1) is 14.4. The molecule has 1 fully saturated rings. The maximum Gasteiger partial charge on any atom is 0.322 e. The van der Waals surface area contributed by atoms with Crippen LogP contribution in [0.4, 0.5) is 0 Å². The normalized spacial score (nSPS) is 20.1. The number of hydrogen-bond donors (Lipinski definition) is 2. The van der Waals surface area contributed by atoms with E-state index in [1.165, 1.54) is 0 Å². The number of sulfonamides is 1. The third-order valence-electron chi connectivity index (χ3n) is 3.17. The predicted molar refractivity (Wildman–Crippen MR) is 65.2 cm³/mol. The van der Waals surface area contributed by atoms with Crippen LogP contribution in [0.3, 0.4) is 0 Å². The minimum atomic E-state index is -3.46. The molecule has 17 heavy (non-hydrogen) atoms. The molecule has 1 rings (SSSR count). The SMILES string of the molecule is CCCS(=O)(=O)NC(C(=O)O)C1CCCCC1. The van der Waals surface area contributed by atoms with Crippen molar-refractivity contribution in [3.05, 3.63) is 0 Å². The fourth-order valence-electron chi connectivity index (χ4n) is 2.34. The molecule has 0 spiro atoms. The molecule has 0 aromatic rings. The monoisotopic (exact) mass is 263 g/mol. The van der Waals surface area contributed by atoms with Crippen molar-refractivity contribution in [3.8, 4) is 0 Å². The summed E-state index contributed by atoms with van der Waals surface area (Å²) < 4.78 is 25.6. The molecule has 0 aromatic heterocycles. The van der Waals surface area contributed by atoms with Gasteiger partial charge in [0.2, 0.25) is 10.0 Å². The smallest absolute Gasteiger partial charge is 0.322 e. The molecule has 5 nitrogen and oxygen atoms in total. The van der Waals surface area contributed by atoms with E-state index in [9.17, 15) is 13.2 Å². The number of carboxylic acids is 1. The minimum Gasteiger partial charge on any atom is -0.480 e. The van der Waals surface area contributed by atoms with Gasteiger partial charge in [0.05, 0.1) is 5.75 Å². The Morgan fingerprint density at radius 2 is 1.94 bits per heavy atom. The molecule has 2 N–H and O–H groups in total. The first-order valence-corrected chi connectivity index (χ1v) is 7.84. The van der Waals surface area contributed by atoms with Crippen LogP contribution in [0.5, 0.6) is 0 Å². The zero-order valence-electron chi connectivity index (χ0n) is 10.2. The Morgan fingerprint density at radius 1 is 1.35 bits per heavy atom. The number of carbonyl (C=O) groups is 1. The maximum atomic E-state index is 11.6. The van der Waals surface area contributed by atoms with E-state index >= 15 is 0 Å². The number of carboxylic acid groups (broad SMARTS) is 1. The van der Waals surface area contributed by atoms with Crippen LogP contribution in [0.1, 0.15) is 45.4 Å². The number of rotatable bonds is 6. The van der Waals surface area contributed by atoms with Crippen molar-refractivity contribution in [2.75, 3.05) is 5.75 Å². The Balaban J connectivity index is 2.69. The van der Waals surface area contributed by atoms with Crippen molar-refractivity contribution in [2.24, 2.45) is 5.92 Å². The van der Waals surface area contributed by atoms with Crippen LogP contribution >= 0.6 is 0 Å². The standard InChI is InChI=1S/C11H21NO4S/c1-2-8-17(15,16)12-10(11(13)14)9-6-4-3-5-7-9/h9-10,12H,2-8H2,1H3,(H,13,14). The fourth-order valence-corrected chi connectivity index (χ4v) is 3.67. The highest BCUT2D eigenvalue weighted by molar-refractivity contribution is 7.89. The molecule has 1 saturated carbocycles. The topological polar surface area (TPSA) is 83.5 Å². The first-order valence-electron chi connectivity index (χ1n) is 6.19. The van der Waals surface area contributed by atoms with Gasteiger partial charge in [-0.3, -0.25) is 4.79 Å². The van der Waals surface area contributed by atoms with Crippen LogP contribution in [-0.4, -0.2) is 31.3 Å². The highest BCUT2D eigenvalue weighted by atomic mass is 32.2. The van der Waals surface area contributed by atoms with E-state index in [2.05, 4.69) is 4.72 Å². The van der Waals surface area contributed by atoms with E-state index in [1.807, 2.05) is 0 Å². The molecule has 100 valence electrons. The van der Waals surface area contributed by atoms with Gasteiger partial charge in [0.1, 0.15) is 6.04 Å². The summed E-state index contributed by atoms with van der Waals surface area (Å²) >= 11 is 0. The van der Waals surface area contributed by atoms with Gasteiger partial charge in [0.15, 0.2) is 0 Å². The zero-order valence-corrected chi connectivity index (χ0v) is 11.0. The van der Waals surface area contributed by atoms with Gasteiger partial charge < -0.3 is 5.11 Å². The largest absolute Gasteiger partial charge is 0.480 e. The lowest BCUT2D eigenvalue weighted by molar-refractivity contribution is -0.140. The van der Waals surface area contributed by atoms with Crippen LogP contribution in [0, 0.1) is 5.92 Å². The summed E-state index contributed by atoms with van der Waals surface area (Å²) in [4.78, 5) is 11.2. The summed E-state index contributed by atoms with van der Waals surface area (Å²) in [6.07, 6.45) is 5.18. The lowest BCUT2D eigenvalue weighted by atomic mass is 9.84. The quantitative estimate of drug-likeness (QED) is 0.757. The third-order valence-corrected chi connectivity index (χ3v) is 4.73. The lowest BCUT2D eigenvalue weighted by Crippen LogP contribution is -2.47. The summed E-state index contributed by atoms with van der Waals surface area (Å²) in [6.45, 7) is 1.76. The highest BCUT2D eigenvalue weighted by Gasteiger charge is 2.32. The van der Waals surface area contributed by atoms with Crippen LogP contribution in [-0.2, 0) is 14.8 Å². The van der Waals surface area contributed by atoms with E-state index in [1.54, 1.807) is 6.92 Å². The van der Waals surface area contributed by atoms with Crippen molar-refractivity contribution in [1.29, 1.82) is 0 Å². The van der Waals surface area contributed by atoms with Crippen molar-refractivity contribution in [2.45, 2.75) is 51.5 Å². The van der Waals surface area contributed by atoms with Gasteiger partial charge in [0, 0.05) is 0 Å². The molecule has 1 atom stereocenters. The van der Waals surface area contributed by atoms with Gasteiger partial charge in [-0.15, -0.1) is 0 Å². The van der Waals surface area contributed by atoms with Gasteiger partial charge >= 0.3 is 5.97 Å². The van der Waals surface area contributed by atoms with E-state index < -0.39 is 22.0 Å². The van der Waals surface area contributed by atoms with Crippen molar-refractivity contribution in [3.63, 3.8) is 0 Å². The molecule has 0 heterocycles. The van der Waals surface area contributed by atoms with E-state index in [-0.39, 0.29) is 11.7 Å². The van der Waals surface area contributed by atoms with Crippen molar-refractivity contribution in [1.82, 2.24) is 4.72 Å². The lowest BCUT2D eigenvalue weighted by Gasteiger charge is -2.27. The average Bonchev–Trinajstić information content (AvgIpc) is 2.27. The van der Waals surface area contributed by atoms with Gasteiger partial charge in [-0.25, -0.2) is 13.1 Å². The Labute approximate surface area is 103 Å². The number of nitrogens with one attached hydrogen (secondary N) is 1. The molecule has 1 unspecified atom stereocenters. The van der Waals surface area contributed by atoms with E-state index in [0.29, 0.717) is 6.42 Å². The Kier molecular flexibility index (Phi) is 5.39.